The summed E-state index contributed by atoms with van der Waals surface area (Å²) >= 11 is 1.57. The van der Waals surface area contributed by atoms with Gasteiger partial charge in [0.2, 0.25) is 11.7 Å². The van der Waals surface area contributed by atoms with Gasteiger partial charge >= 0.3 is 0 Å². The molecular weight excluding hydrogens is 344 g/mol. The minimum atomic E-state index is 0.571. The highest BCUT2D eigenvalue weighted by Crippen LogP contribution is 2.25. The number of thioether (sulfide) groups is 1. The third-order valence-corrected chi connectivity index (χ3v) is 4.97. The van der Waals surface area contributed by atoms with E-state index in [1.165, 1.54) is 11.1 Å². The van der Waals surface area contributed by atoms with Crippen LogP contribution in [0.3, 0.4) is 0 Å². The van der Waals surface area contributed by atoms with Crippen LogP contribution in [0.1, 0.15) is 17.0 Å². The van der Waals surface area contributed by atoms with Crippen LogP contribution in [0.5, 0.6) is 0 Å². The fourth-order valence-electron chi connectivity index (χ4n) is 2.56. The van der Waals surface area contributed by atoms with Crippen molar-refractivity contribution in [1.29, 1.82) is 0 Å². The van der Waals surface area contributed by atoms with Crippen molar-refractivity contribution in [2.24, 2.45) is 0 Å². The molecule has 0 aliphatic carbocycles. The molecule has 2 aromatic carbocycles. The van der Waals surface area contributed by atoms with E-state index in [0.29, 0.717) is 17.5 Å². The maximum Gasteiger partial charge on any atom is 0.237 e. The molecule has 0 radical (unpaired) electrons. The van der Waals surface area contributed by atoms with Crippen LogP contribution < -0.4 is 0 Å². The van der Waals surface area contributed by atoms with Gasteiger partial charge in [0.25, 0.3) is 0 Å². The molecule has 0 N–H and O–H groups in total. The van der Waals surface area contributed by atoms with Crippen LogP contribution in [-0.2, 0) is 5.75 Å². The number of rotatable bonds is 5. The molecule has 4 aromatic rings. The summed E-state index contributed by atoms with van der Waals surface area (Å²) in [5, 5.41) is 4.97. The Morgan fingerprint density at radius 2 is 1.65 bits per heavy atom. The third-order valence-electron chi connectivity index (χ3n) is 4.02. The van der Waals surface area contributed by atoms with Crippen LogP contribution in [0.25, 0.3) is 17.1 Å². The standard InChI is InChI=1S/C20H18N4OS/c1-14-3-7-16(8-4-14)19-22-18(25-23-19)13-26-20-21-11-12-24(20)17-9-5-15(2)6-10-17/h3-12H,13H2,1-2H3. The number of nitrogens with zero attached hydrogens (tertiary/aromatic N) is 4. The van der Waals surface area contributed by atoms with Crippen LogP contribution >= 0.6 is 11.8 Å². The molecule has 130 valence electrons. The summed E-state index contributed by atoms with van der Waals surface area (Å²) in [6.45, 7) is 4.13. The molecule has 26 heavy (non-hydrogen) atoms. The van der Waals surface area contributed by atoms with E-state index < -0.39 is 0 Å². The van der Waals surface area contributed by atoms with Gasteiger partial charge in [0.05, 0.1) is 5.75 Å². The van der Waals surface area contributed by atoms with E-state index in [0.717, 1.165) is 16.4 Å². The molecule has 0 atom stereocenters. The van der Waals surface area contributed by atoms with E-state index in [4.69, 9.17) is 4.52 Å². The van der Waals surface area contributed by atoms with Gasteiger partial charge in [-0.05, 0) is 26.0 Å². The Balaban J connectivity index is 1.48. The van der Waals surface area contributed by atoms with Gasteiger partial charge in [-0.2, -0.15) is 4.98 Å². The average Bonchev–Trinajstić information content (AvgIpc) is 3.30. The summed E-state index contributed by atoms with van der Waals surface area (Å²) in [6, 6.07) is 16.4. The Kier molecular flexibility index (Phi) is 4.58. The molecule has 0 saturated heterocycles. The number of benzene rings is 2. The topological polar surface area (TPSA) is 56.7 Å². The second-order valence-corrected chi connectivity index (χ2v) is 7.02. The second-order valence-electron chi connectivity index (χ2n) is 6.08. The average molecular weight is 362 g/mol. The van der Waals surface area contributed by atoms with Crippen LogP contribution in [0.15, 0.2) is 70.6 Å². The van der Waals surface area contributed by atoms with E-state index in [2.05, 4.69) is 57.8 Å². The maximum absolute atomic E-state index is 5.39. The molecule has 0 unspecified atom stereocenters. The van der Waals surface area contributed by atoms with Crippen molar-refractivity contribution in [2.45, 2.75) is 24.8 Å². The lowest BCUT2D eigenvalue weighted by molar-refractivity contribution is 0.391. The molecular formula is C20H18N4OS. The van der Waals surface area contributed by atoms with Crippen molar-refractivity contribution in [1.82, 2.24) is 19.7 Å². The third kappa shape index (κ3) is 3.55. The normalized spacial score (nSPS) is 11.0. The molecule has 0 aliphatic rings. The van der Waals surface area contributed by atoms with Crippen LogP contribution in [0.4, 0.5) is 0 Å². The highest BCUT2D eigenvalue weighted by molar-refractivity contribution is 7.98. The minimum Gasteiger partial charge on any atom is -0.338 e. The first kappa shape index (κ1) is 16.6. The van der Waals surface area contributed by atoms with Gasteiger partial charge in [0.1, 0.15) is 0 Å². The van der Waals surface area contributed by atoms with Crippen molar-refractivity contribution in [2.75, 3.05) is 0 Å². The quantitative estimate of drug-likeness (QED) is 0.476. The zero-order valence-corrected chi connectivity index (χ0v) is 15.4. The maximum atomic E-state index is 5.39. The van der Waals surface area contributed by atoms with E-state index in [1.807, 2.05) is 30.5 Å². The first-order valence-corrected chi connectivity index (χ1v) is 9.30. The van der Waals surface area contributed by atoms with Crippen molar-refractivity contribution in [3.8, 4) is 17.1 Å². The predicted molar refractivity (Wildman–Crippen MR) is 102 cm³/mol. The zero-order chi connectivity index (χ0) is 17.9. The fraction of sp³-hybridized carbons (Fsp3) is 0.150. The summed E-state index contributed by atoms with van der Waals surface area (Å²) in [5.74, 6) is 1.77. The molecule has 0 bridgehead atoms. The van der Waals surface area contributed by atoms with Gasteiger partial charge in [-0.15, -0.1) is 0 Å². The lowest BCUT2D eigenvalue weighted by Crippen LogP contribution is -1.95. The Labute approximate surface area is 156 Å². The molecule has 0 aliphatic heterocycles. The Hall–Kier alpha value is -2.86. The highest BCUT2D eigenvalue weighted by atomic mass is 32.2. The number of aromatic nitrogens is 4. The Bertz CT molecular complexity index is 1000. The van der Waals surface area contributed by atoms with Crippen molar-refractivity contribution >= 4 is 11.8 Å². The molecule has 0 spiro atoms. The zero-order valence-electron chi connectivity index (χ0n) is 14.6. The Morgan fingerprint density at radius 1 is 0.962 bits per heavy atom. The van der Waals surface area contributed by atoms with E-state index in [1.54, 1.807) is 18.0 Å². The molecule has 0 fully saturated rings. The van der Waals surface area contributed by atoms with Crippen LogP contribution in [0, 0.1) is 13.8 Å². The summed E-state index contributed by atoms with van der Waals surface area (Å²) in [7, 11) is 0. The molecule has 4 rings (SSSR count). The largest absolute Gasteiger partial charge is 0.338 e. The number of hydrogen-bond donors (Lipinski definition) is 0. The van der Waals surface area contributed by atoms with Gasteiger partial charge in [-0.1, -0.05) is 64.4 Å². The summed E-state index contributed by atoms with van der Waals surface area (Å²) in [4.78, 5) is 8.93. The highest BCUT2D eigenvalue weighted by Gasteiger charge is 2.11. The monoisotopic (exact) mass is 362 g/mol. The van der Waals surface area contributed by atoms with Crippen molar-refractivity contribution < 1.29 is 4.52 Å². The number of aryl methyl sites for hydroxylation is 2. The van der Waals surface area contributed by atoms with Gasteiger partial charge in [0, 0.05) is 23.6 Å². The molecule has 2 heterocycles. The van der Waals surface area contributed by atoms with Crippen LogP contribution in [-0.4, -0.2) is 19.7 Å². The predicted octanol–water partition coefficient (Wildman–Crippen LogP) is 4.83. The van der Waals surface area contributed by atoms with Gasteiger partial charge in [-0.25, -0.2) is 4.98 Å². The van der Waals surface area contributed by atoms with Gasteiger partial charge in [-0.3, -0.25) is 4.57 Å². The molecule has 2 aromatic heterocycles. The van der Waals surface area contributed by atoms with Gasteiger partial charge in [0.15, 0.2) is 5.16 Å². The summed E-state index contributed by atoms with van der Waals surface area (Å²) in [5.41, 5.74) is 4.48. The number of imidazole rings is 1. The Morgan fingerprint density at radius 3 is 2.38 bits per heavy atom. The lowest BCUT2D eigenvalue weighted by atomic mass is 10.1. The van der Waals surface area contributed by atoms with Crippen molar-refractivity contribution in [3.05, 3.63) is 77.9 Å². The van der Waals surface area contributed by atoms with Crippen LogP contribution in [0.2, 0.25) is 0 Å². The summed E-state index contributed by atoms with van der Waals surface area (Å²) in [6.07, 6.45) is 3.76. The molecule has 0 amide bonds. The van der Waals surface area contributed by atoms with E-state index >= 15 is 0 Å². The summed E-state index contributed by atoms with van der Waals surface area (Å²) < 4.78 is 7.45. The van der Waals surface area contributed by atoms with E-state index in [9.17, 15) is 0 Å². The smallest absolute Gasteiger partial charge is 0.237 e. The molecule has 6 heteroatoms. The van der Waals surface area contributed by atoms with Gasteiger partial charge < -0.3 is 4.52 Å². The SMILES string of the molecule is Cc1ccc(-c2noc(CSc3nccn3-c3ccc(C)cc3)n2)cc1. The molecule has 0 saturated carbocycles. The lowest BCUT2D eigenvalue weighted by Gasteiger charge is -2.06. The van der Waals surface area contributed by atoms with Crippen molar-refractivity contribution in [3.63, 3.8) is 0 Å². The second kappa shape index (κ2) is 7.17. The fourth-order valence-corrected chi connectivity index (χ4v) is 3.37. The first-order chi connectivity index (χ1) is 12.7. The first-order valence-electron chi connectivity index (χ1n) is 8.32. The van der Waals surface area contributed by atoms with E-state index in [-0.39, 0.29) is 0 Å². The number of hydrogen-bond acceptors (Lipinski definition) is 5. The minimum absolute atomic E-state index is 0.571. The molecule has 5 nitrogen and oxygen atoms in total.